The Morgan fingerprint density at radius 3 is 2.89 bits per heavy atom. The van der Waals surface area contributed by atoms with Crippen LogP contribution in [0, 0.1) is 11.8 Å². The second-order valence-corrected chi connectivity index (χ2v) is 6.65. The van der Waals surface area contributed by atoms with Gasteiger partial charge in [0, 0.05) is 23.0 Å². The molecule has 4 atom stereocenters. The lowest BCUT2D eigenvalue weighted by Crippen LogP contribution is -2.37. The Kier molecular flexibility index (Phi) is 3.72. The van der Waals surface area contributed by atoms with Crippen molar-refractivity contribution in [3.05, 3.63) is 28.8 Å². The van der Waals surface area contributed by atoms with Gasteiger partial charge in [0.25, 0.3) is 0 Å². The first-order valence-electron chi connectivity index (χ1n) is 7.35. The molecule has 2 aliphatic rings. The summed E-state index contributed by atoms with van der Waals surface area (Å²) in [7, 11) is 0. The van der Waals surface area contributed by atoms with Crippen LogP contribution in [0.5, 0.6) is 5.75 Å². The molecule has 0 radical (unpaired) electrons. The predicted molar refractivity (Wildman–Crippen MR) is 78.5 cm³/mol. The molecule has 0 amide bonds. The zero-order valence-electron chi connectivity index (χ0n) is 11.4. The van der Waals surface area contributed by atoms with Gasteiger partial charge in [0.05, 0.1) is 0 Å². The van der Waals surface area contributed by atoms with Crippen LogP contribution in [-0.4, -0.2) is 6.10 Å². The van der Waals surface area contributed by atoms with E-state index in [1.165, 1.54) is 25.7 Å². The van der Waals surface area contributed by atoms with Crippen molar-refractivity contribution < 1.29 is 4.74 Å². The number of rotatable bonds is 1. The number of benzene rings is 1. The smallest absolute Gasteiger partial charge is 0.124 e. The summed E-state index contributed by atoms with van der Waals surface area (Å²) in [4.78, 5) is 0. The normalized spacial score (nSPS) is 34.5. The number of ether oxygens (including phenoxy) is 1. The minimum absolute atomic E-state index is 0.0599. The molecule has 0 saturated heterocycles. The van der Waals surface area contributed by atoms with Crippen molar-refractivity contribution in [3.8, 4) is 5.75 Å². The van der Waals surface area contributed by atoms with Gasteiger partial charge in [0.15, 0.2) is 0 Å². The van der Waals surface area contributed by atoms with Crippen LogP contribution in [-0.2, 0) is 0 Å². The molecule has 2 nitrogen and oxygen atoms in total. The van der Waals surface area contributed by atoms with E-state index >= 15 is 0 Å². The highest BCUT2D eigenvalue weighted by Crippen LogP contribution is 2.41. The molecular weight excluding hydrogens is 258 g/mol. The third-order valence-corrected chi connectivity index (χ3v) is 4.87. The average Bonchev–Trinajstić information content (AvgIpc) is 2.39. The van der Waals surface area contributed by atoms with E-state index in [1.807, 2.05) is 18.2 Å². The Labute approximate surface area is 120 Å². The molecule has 104 valence electrons. The second kappa shape index (κ2) is 5.34. The standard InChI is InChI=1S/C16H22ClNO/c1-10-3-2-4-11(7-10)16-9-14(18)13-8-12(17)5-6-15(13)19-16/h5-6,8,10-11,14,16H,2-4,7,9,18H2,1H3/t10?,11?,14-,16?/m0/s1. The Bertz CT molecular complexity index is 462. The van der Waals surface area contributed by atoms with E-state index < -0.39 is 0 Å². The van der Waals surface area contributed by atoms with E-state index in [9.17, 15) is 0 Å². The van der Waals surface area contributed by atoms with Crippen LogP contribution in [0.1, 0.15) is 50.6 Å². The fourth-order valence-electron chi connectivity index (χ4n) is 3.61. The van der Waals surface area contributed by atoms with Gasteiger partial charge in [0.1, 0.15) is 11.9 Å². The molecular formula is C16H22ClNO. The number of nitrogens with two attached hydrogens (primary N) is 1. The number of fused-ring (bicyclic) bond motifs is 1. The summed E-state index contributed by atoms with van der Waals surface area (Å²) < 4.78 is 6.21. The number of hydrogen-bond donors (Lipinski definition) is 1. The third kappa shape index (κ3) is 2.75. The molecule has 3 rings (SSSR count). The zero-order chi connectivity index (χ0) is 13.4. The molecule has 0 bridgehead atoms. The molecule has 1 fully saturated rings. The third-order valence-electron chi connectivity index (χ3n) is 4.64. The van der Waals surface area contributed by atoms with Crippen molar-refractivity contribution in [2.24, 2.45) is 17.6 Å². The van der Waals surface area contributed by atoms with Gasteiger partial charge in [0.2, 0.25) is 0 Å². The zero-order valence-corrected chi connectivity index (χ0v) is 12.2. The number of halogens is 1. The fraction of sp³-hybridized carbons (Fsp3) is 0.625. The van der Waals surface area contributed by atoms with Gasteiger partial charge < -0.3 is 10.5 Å². The molecule has 2 N–H and O–H groups in total. The molecule has 0 spiro atoms. The molecule has 19 heavy (non-hydrogen) atoms. The van der Waals surface area contributed by atoms with Crippen molar-refractivity contribution in [2.45, 2.75) is 51.2 Å². The molecule has 1 aromatic rings. The van der Waals surface area contributed by atoms with E-state index in [1.54, 1.807) is 0 Å². The van der Waals surface area contributed by atoms with Crippen LogP contribution in [0.2, 0.25) is 5.02 Å². The molecule has 1 saturated carbocycles. The van der Waals surface area contributed by atoms with Gasteiger partial charge in [-0.3, -0.25) is 0 Å². The van der Waals surface area contributed by atoms with Gasteiger partial charge in [-0.1, -0.05) is 31.4 Å². The molecule has 3 unspecified atom stereocenters. The Balaban J connectivity index is 1.79. The molecule has 0 aromatic heterocycles. The Morgan fingerprint density at radius 1 is 1.26 bits per heavy atom. The monoisotopic (exact) mass is 279 g/mol. The van der Waals surface area contributed by atoms with Crippen LogP contribution in [0.3, 0.4) is 0 Å². The highest BCUT2D eigenvalue weighted by molar-refractivity contribution is 6.30. The summed E-state index contributed by atoms with van der Waals surface area (Å²) in [6, 6.07) is 5.86. The highest BCUT2D eigenvalue weighted by Gasteiger charge is 2.33. The summed E-state index contributed by atoms with van der Waals surface area (Å²) in [5, 5.41) is 0.738. The maximum absolute atomic E-state index is 6.31. The molecule has 3 heteroatoms. The van der Waals surface area contributed by atoms with Crippen molar-refractivity contribution in [3.63, 3.8) is 0 Å². The summed E-state index contributed by atoms with van der Waals surface area (Å²) in [5.41, 5.74) is 7.37. The van der Waals surface area contributed by atoms with Crippen molar-refractivity contribution in [1.82, 2.24) is 0 Å². The van der Waals surface area contributed by atoms with Gasteiger partial charge in [-0.15, -0.1) is 0 Å². The average molecular weight is 280 g/mol. The van der Waals surface area contributed by atoms with E-state index in [-0.39, 0.29) is 12.1 Å². The predicted octanol–water partition coefficient (Wildman–Crippen LogP) is 4.32. The molecule has 1 heterocycles. The molecule has 1 aromatic carbocycles. The fourth-order valence-corrected chi connectivity index (χ4v) is 3.79. The van der Waals surface area contributed by atoms with E-state index in [2.05, 4.69) is 6.92 Å². The first-order valence-corrected chi connectivity index (χ1v) is 7.73. The SMILES string of the molecule is CC1CCCC(C2C[C@H](N)c3cc(Cl)ccc3O2)C1. The Morgan fingerprint density at radius 2 is 2.11 bits per heavy atom. The summed E-state index contributed by atoms with van der Waals surface area (Å²) in [5.74, 6) is 2.43. The number of hydrogen-bond acceptors (Lipinski definition) is 2. The van der Waals surface area contributed by atoms with Gasteiger partial charge in [-0.2, -0.15) is 0 Å². The van der Waals surface area contributed by atoms with Gasteiger partial charge in [-0.05, 0) is 42.9 Å². The lowest BCUT2D eigenvalue weighted by atomic mass is 9.77. The maximum atomic E-state index is 6.31. The van der Waals surface area contributed by atoms with E-state index in [0.717, 1.165) is 28.7 Å². The van der Waals surface area contributed by atoms with E-state index in [4.69, 9.17) is 22.1 Å². The first kappa shape index (κ1) is 13.3. The van der Waals surface area contributed by atoms with E-state index in [0.29, 0.717) is 5.92 Å². The van der Waals surface area contributed by atoms with Crippen LogP contribution in [0.4, 0.5) is 0 Å². The lowest BCUT2D eigenvalue weighted by molar-refractivity contribution is 0.0666. The molecule has 1 aliphatic heterocycles. The van der Waals surface area contributed by atoms with Crippen LogP contribution >= 0.6 is 11.6 Å². The molecule has 1 aliphatic carbocycles. The quantitative estimate of drug-likeness (QED) is 0.831. The van der Waals surface area contributed by atoms with Crippen molar-refractivity contribution >= 4 is 11.6 Å². The summed E-state index contributed by atoms with van der Waals surface area (Å²) >= 11 is 6.04. The highest BCUT2D eigenvalue weighted by atomic mass is 35.5. The Hall–Kier alpha value is -0.730. The largest absolute Gasteiger partial charge is 0.490 e. The van der Waals surface area contributed by atoms with Gasteiger partial charge >= 0.3 is 0 Å². The second-order valence-electron chi connectivity index (χ2n) is 6.21. The lowest BCUT2D eigenvalue weighted by Gasteiger charge is -2.38. The first-order chi connectivity index (χ1) is 9.13. The van der Waals surface area contributed by atoms with Crippen molar-refractivity contribution in [2.75, 3.05) is 0 Å². The summed E-state index contributed by atoms with van der Waals surface area (Å²) in [6.45, 7) is 2.35. The van der Waals surface area contributed by atoms with Gasteiger partial charge in [-0.25, -0.2) is 0 Å². The topological polar surface area (TPSA) is 35.2 Å². The maximum Gasteiger partial charge on any atom is 0.124 e. The minimum Gasteiger partial charge on any atom is -0.490 e. The van der Waals surface area contributed by atoms with Crippen LogP contribution in [0.15, 0.2) is 18.2 Å². The van der Waals surface area contributed by atoms with Crippen LogP contribution < -0.4 is 10.5 Å². The van der Waals surface area contributed by atoms with Crippen LogP contribution in [0.25, 0.3) is 0 Å². The van der Waals surface area contributed by atoms with Crippen molar-refractivity contribution in [1.29, 1.82) is 0 Å². The minimum atomic E-state index is 0.0599. The summed E-state index contributed by atoms with van der Waals surface area (Å²) in [6.07, 6.45) is 6.46.